The summed E-state index contributed by atoms with van der Waals surface area (Å²) in [6.07, 6.45) is -1.22. The second kappa shape index (κ2) is 9.21. The van der Waals surface area contributed by atoms with Crippen molar-refractivity contribution in [2.24, 2.45) is 0 Å². The Morgan fingerprint density at radius 3 is 2.64 bits per heavy atom. The zero-order chi connectivity index (χ0) is 23.5. The first-order valence-corrected chi connectivity index (χ1v) is 11.0. The van der Waals surface area contributed by atoms with Crippen molar-refractivity contribution >= 4 is 39.4 Å². The fourth-order valence-electron chi connectivity index (χ4n) is 3.36. The summed E-state index contributed by atoms with van der Waals surface area (Å²) in [7, 11) is 0. The highest BCUT2D eigenvalue weighted by Crippen LogP contribution is 2.25. The van der Waals surface area contributed by atoms with Crippen LogP contribution < -0.4 is 16.6 Å². The Kier molecular flexibility index (Phi) is 6.18. The Hall–Kier alpha value is -4.05. The van der Waals surface area contributed by atoms with Gasteiger partial charge in [0.25, 0.3) is 5.56 Å². The average Bonchev–Trinajstić information content (AvgIpc) is 3.22. The summed E-state index contributed by atoms with van der Waals surface area (Å²) in [6, 6.07) is 12.6. The number of thiazole rings is 1. The smallest absolute Gasteiger partial charge is 0.425 e. The van der Waals surface area contributed by atoms with Crippen molar-refractivity contribution in [2.75, 3.05) is 11.9 Å². The summed E-state index contributed by atoms with van der Waals surface area (Å²) >= 11 is 1.29. The number of nitrogens with one attached hydrogen (secondary N) is 2. The molecule has 4 aromatic rings. The van der Waals surface area contributed by atoms with E-state index in [1.165, 1.54) is 17.4 Å². The number of fused-ring (bicyclic) bond motifs is 1. The van der Waals surface area contributed by atoms with E-state index in [1.54, 1.807) is 19.1 Å². The number of nitrogens with zero attached hydrogens (tertiary/aromatic N) is 2. The first-order chi connectivity index (χ1) is 15.9. The van der Waals surface area contributed by atoms with Crippen LogP contribution in [-0.4, -0.2) is 33.1 Å². The molecule has 2 aromatic heterocycles. The van der Waals surface area contributed by atoms with Crippen LogP contribution in [0.1, 0.15) is 18.1 Å². The topological polar surface area (TPSA) is 123 Å². The molecule has 2 aromatic carbocycles. The first-order valence-electron chi connectivity index (χ1n) is 10.1. The van der Waals surface area contributed by atoms with Gasteiger partial charge in [0.2, 0.25) is 5.91 Å². The summed E-state index contributed by atoms with van der Waals surface area (Å²) in [5.41, 5.74) is 1.67. The van der Waals surface area contributed by atoms with Crippen molar-refractivity contribution in [3.05, 3.63) is 79.8 Å². The average molecular weight is 465 g/mol. The lowest BCUT2D eigenvalue weighted by Crippen LogP contribution is -2.40. The van der Waals surface area contributed by atoms with Crippen molar-refractivity contribution in [2.45, 2.75) is 20.3 Å². The van der Waals surface area contributed by atoms with Gasteiger partial charge in [-0.3, -0.25) is 9.59 Å². The summed E-state index contributed by atoms with van der Waals surface area (Å²) in [4.78, 5) is 56.8. The number of aromatic nitrogens is 3. The zero-order valence-corrected chi connectivity index (χ0v) is 18.7. The van der Waals surface area contributed by atoms with Crippen LogP contribution in [0.25, 0.3) is 22.2 Å². The van der Waals surface area contributed by atoms with Crippen LogP contribution in [0.4, 0.5) is 9.93 Å². The summed E-state index contributed by atoms with van der Waals surface area (Å²) in [5.74, 6) is -0.388. The number of ether oxygens (including phenoxy) is 1. The minimum absolute atomic E-state index is 0.00515. The van der Waals surface area contributed by atoms with Crippen molar-refractivity contribution in [1.82, 2.24) is 14.5 Å². The number of hydrogen-bond acceptors (Lipinski definition) is 7. The Morgan fingerprint density at radius 1 is 1.15 bits per heavy atom. The normalized spacial score (nSPS) is 10.8. The third-order valence-electron chi connectivity index (χ3n) is 4.91. The quantitative estimate of drug-likeness (QED) is 0.467. The molecule has 10 heteroatoms. The molecule has 33 heavy (non-hydrogen) atoms. The minimum Gasteiger partial charge on any atom is -0.449 e. The van der Waals surface area contributed by atoms with Crippen molar-refractivity contribution in [1.29, 1.82) is 0 Å². The number of hydrogen-bond donors (Lipinski definition) is 2. The fraction of sp³-hybridized carbons (Fsp3) is 0.174. The number of H-pyrrole nitrogens is 1. The molecule has 4 rings (SSSR count). The molecule has 2 heterocycles. The molecule has 0 saturated carbocycles. The van der Waals surface area contributed by atoms with E-state index in [4.69, 9.17) is 4.74 Å². The molecular formula is C23H20N4O5S. The molecule has 1 amide bonds. The Bertz CT molecular complexity index is 1470. The second-order valence-electron chi connectivity index (χ2n) is 7.24. The number of benzene rings is 2. The van der Waals surface area contributed by atoms with Gasteiger partial charge >= 0.3 is 11.8 Å². The molecule has 0 spiro atoms. The molecule has 168 valence electrons. The molecule has 0 bridgehead atoms. The Balaban J connectivity index is 1.60. The van der Waals surface area contributed by atoms with Gasteiger partial charge in [-0.1, -0.05) is 42.0 Å². The van der Waals surface area contributed by atoms with E-state index in [9.17, 15) is 19.2 Å². The molecule has 2 N–H and O–H groups in total. The van der Waals surface area contributed by atoms with E-state index in [-0.39, 0.29) is 29.8 Å². The number of anilines is 1. The largest absolute Gasteiger partial charge is 0.449 e. The highest BCUT2D eigenvalue weighted by Gasteiger charge is 2.19. The highest BCUT2D eigenvalue weighted by molar-refractivity contribution is 7.14. The van der Waals surface area contributed by atoms with Crippen LogP contribution >= 0.6 is 11.3 Å². The van der Waals surface area contributed by atoms with Crippen LogP contribution in [0, 0.1) is 6.92 Å². The number of carbonyl (C=O) groups excluding carboxylic acids is 2. The van der Waals surface area contributed by atoms with Gasteiger partial charge in [0, 0.05) is 10.9 Å². The standard InChI is InChI=1S/C23H20N4O5S/c1-3-32-23(31)27-20(29)19-15(5-4-6-16(19)25-22(27)30)11-18(28)26-21-24-17(12-33-21)14-9-7-13(2)8-10-14/h4-10,12H,3,11H2,1-2H3,(H,25,30)(H,24,26,28). The van der Waals surface area contributed by atoms with E-state index >= 15 is 0 Å². The van der Waals surface area contributed by atoms with Gasteiger partial charge in [-0.25, -0.2) is 14.6 Å². The van der Waals surface area contributed by atoms with E-state index < -0.39 is 17.3 Å². The maximum absolute atomic E-state index is 12.9. The van der Waals surface area contributed by atoms with Gasteiger partial charge in [0.15, 0.2) is 5.13 Å². The van der Waals surface area contributed by atoms with Crippen LogP contribution in [-0.2, 0) is 16.0 Å². The maximum atomic E-state index is 12.9. The lowest BCUT2D eigenvalue weighted by molar-refractivity contribution is -0.115. The molecule has 0 aliphatic heterocycles. The van der Waals surface area contributed by atoms with Gasteiger partial charge in [-0.05, 0) is 25.5 Å². The van der Waals surface area contributed by atoms with E-state index in [2.05, 4.69) is 15.3 Å². The van der Waals surface area contributed by atoms with Gasteiger partial charge in [0.05, 0.1) is 29.6 Å². The lowest BCUT2D eigenvalue weighted by atomic mass is 10.1. The lowest BCUT2D eigenvalue weighted by Gasteiger charge is -2.09. The number of aromatic amines is 1. The molecule has 0 radical (unpaired) electrons. The van der Waals surface area contributed by atoms with Crippen LogP contribution in [0.3, 0.4) is 0 Å². The van der Waals surface area contributed by atoms with Gasteiger partial charge in [-0.15, -0.1) is 11.3 Å². The summed E-state index contributed by atoms with van der Waals surface area (Å²) < 4.78 is 5.19. The Morgan fingerprint density at radius 2 is 1.91 bits per heavy atom. The summed E-state index contributed by atoms with van der Waals surface area (Å²) in [6.45, 7) is 3.57. The number of carbonyl (C=O) groups is 2. The van der Waals surface area contributed by atoms with Gasteiger partial charge in [-0.2, -0.15) is 4.57 Å². The van der Waals surface area contributed by atoms with Crippen molar-refractivity contribution in [3.8, 4) is 11.3 Å². The third-order valence-corrected chi connectivity index (χ3v) is 5.67. The van der Waals surface area contributed by atoms with E-state index in [0.717, 1.165) is 16.8 Å². The second-order valence-corrected chi connectivity index (χ2v) is 8.10. The predicted molar refractivity (Wildman–Crippen MR) is 126 cm³/mol. The van der Waals surface area contributed by atoms with E-state index in [1.807, 2.05) is 36.6 Å². The summed E-state index contributed by atoms with van der Waals surface area (Å²) in [5, 5.41) is 5.08. The molecular weight excluding hydrogens is 444 g/mol. The third kappa shape index (κ3) is 4.60. The minimum atomic E-state index is -1.07. The number of amides is 1. The van der Waals surface area contributed by atoms with Crippen LogP contribution in [0.15, 0.2) is 57.4 Å². The van der Waals surface area contributed by atoms with Gasteiger partial charge in [0.1, 0.15) is 0 Å². The fourth-order valence-corrected chi connectivity index (χ4v) is 4.09. The maximum Gasteiger partial charge on any atom is 0.425 e. The van der Waals surface area contributed by atoms with Gasteiger partial charge < -0.3 is 15.0 Å². The molecule has 0 aliphatic carbocycles. The van der Waals surface area contributed by atoms with Crippen molar-refractivity contribution < 1.29 is 14.3 Å². The number of aryl methyl sites for hydroxylation is 1. The molecule has 0 unspecified atom stereocenters. The molecule has 0 fully saturated rings. The molecule has 0 aliphatic rings. The number of rotatable bonds is 5. The van der Waals surface area contributed by atoms with Crippen LogP contribution in [0.5, 0.6) is 0 Å². The van der Waals surface area contributed by atoms with E-state index in [0.29, 0.717) is 15.3 Å². The Labute approximate surface area is 191 Å². The van der Waals surface area contributed by atoms with Crippen LogP contribution in [0.2, 0.25) is 0 Å². The highest BCUT2D eigenvalue weighted by atomic mass is 32.1. The zero-order valence-electron chi connectivity index (χ0n) is 17.9. The van der Waals surface area contributed by atoms with Crippen molar-refractivity contribution in [3.63, 3.8) is 0 Å². The SMILES string of the molecule is CCOC(=O)n1c(=O)[nH]c2cccc(CC(=O)Nc3nc(-c4ccc(C)cc4)cs3)c2c1=O. The molecule has 9 nitrogen and oxygen atoms in total. The molecule has 0 saturated heterocycles. The predicted octanol–water partition coefficient (Wildman–Crippen LogP) is 3.31. The monoisotopic (exact) mass is 464 g/mol. The molecule has 0 atom stereocenters. The first kappa shape index (κ1) is 22.2.